The van der Waals surface area contributed by atoms with Gasteiger partial charge in [0.25, 0.3) is 5.95 Å². The molecule has 0 radical (unpaired) electrons. The first kappa shape index (κ1) is 19.3. The molecule has 3 aromatic rings. The fourth-order valence-corrected chi connectivity index (χ4v) is 3.60. The van der Waals surface area contributed by atoms with Crippen molar-refractivity contribution in [1.82, 2.24) is 15.0 Å². The lowest BCUT2D eigenvalue weighted by atomic mass is 9.97. The molecule has 1 aliphatic carbocycles. The number of nitriles is 1. The van der Waals surface area contributed by atoms with Crippen LogP contribution in [-0.2, 0) is 12.8 Å². The van der Waals surface area contributed by atoms with E-state index in [9.17, 15) is 4.79 Å². The van der Waals surface area contributed by atoms with E-state index in [1.165, 1.54) is 18.8 Å². The van der Waals surface area contributed by atoms with Gasteiger partial charge in [0.1, 0.15) is 6.33 Å². The molecule has 1 aromatic heterocycles. The molecule has 8 nitrogen and oxygen atoms in total. The Balaban J connectivity index is 1.54. The molecule has 0 saturated heterocycles. The van der Waals surface area contributed by atoms with Crippen LogP contribution in [0.1, 0.15) is 46.0 Å². The highest BCUT2D eigenvalue weighted by Crippen LogP contribution is 2.36. The molecule has 8 heteroatoms. The van der Waals surface area contributed by atoms with Crippen LogP contribution in [-0.4, -0.2) is 20.7 Å². The third kappa shape index (κ3) is 3.91. The number of fused-ring (bicyclic) bond motifs is 1. The molecule has 0 unspecified atom stereocenters. The van der Waals surface area contributed by atoms with E-state index < -0.39 is 0 Å². The normalized spacial score (nSPS) is 12.0. The van der Waals surface area contributed by atoms with Crippen LogP contribution >= 0.6 is 0 Å². The average molecular weight is 400 g/mol. The largest absolute Gasteiger partial charge is 0.378 e. The summed E-state index contributed by atoms with van der Waals surface area (Å²) in [5.41, 5.74) is 8.04. The topological polar surface area (TPSA) is 113 Å². The number of aromatic nitrogens is 3. The maximum Gasteiger partial charge on any atom is 0.261 e. The van der Waals surface area contributed by atoms with Gasteiger partial charge in [0.05, 0.1) is 17.2 Å². The first-order valence-electron chi connectivity index (χ1n) is 9.60. The van der Waals surface area contributed by atoms with Gasteiger partial charge in [0, 0.05) is 11.3 Å². The Bertz CT molecular complexity index is 1150. The summed E-state index contributed by atoms with van der Waals surface area (Å²) in [6, 6.07) is 10.9. The highest BCUT2D eigenvalue weighted by Gasteiger charge is 2.24. The Labute approximate surface area is 173 Å². The lowest BCUT2D eigenvalue weighted by molar-refractivity contribution is 0.101. The van der Waals surface area contributed by atoms with Crippen molar-refractivity contribution >= 4 is 23.4 Å². The van der Waals surface area contributed by atoms with Gasteiger partial charge in [-0.2, -0.15) is 20.7 Å². The molecule has 4 rings (SSSR count). The van der Waals surface area contributed by atoms with Gasteiger partial charge in [-0.05, 0) is 74.6 Å². The molecular formula is C22H20N6O2. The number of benzene rings is 2. The molecule has 0 saturated carbocycles. The molecule has 0 bridgehead atoms. The maximum absolute atomic E-state index is 12.2. The van der Waals surface area contributed by atoms with Gasteiger partial charge in [-0.25, -0.2) is 4.98 Å². The molecule has 30 heavy (non-hydrogen) atoms. The van der Waals surface area contributed by atoms with Gasteiger partial charge in [0.15, 0.2) is 11.5 Å². The fourth-order valence-electron chi connectivity index (χ4n) is 3.60. The molecule has 1 aliphatic rings. The summed E-state index contributed by atoms with van der Waals surface area (Å²) in [4.78, 5) is 30.5. The molecule has 0 atom stereocenters. The van der Waals surface area contributed by atoms with Crippen molar-refractivity contribution in [3.63, 3.8) is 0 Å². The van der Waals surface area contributed by atoms with Crippen LogP contribution < -0.4 is 15.6 Å². The number of hydrogen-bond acceptors (Lipinski definition) is 8. The van der Waals surface area contributed by atoms with Crippen LogP contribution in [0.2, 0.25) is 0 Å². The Morgan fingerprint density at radius 2 is 1.87 bits per heavy atom. The van der Waals surface area contributed by atoms with Crippen molar-refractivity contribution in [3.05, 3.63) is 64.5 Å². The van der Waals surface area contributed by atoms with Crippen molar-refractivity contribution in [1.29, 1.82) is 5.26 Å². The zero-order valence-electron chi connectivity index (χ0n) is 16.7. The second-order valence-corrected chi connectivity index (χ2v) is 7.09. The molecule has 2 N–H and O–H groups in total. The molecular weight excluding hydrogens is 380 g/mol. The number of carbonyl (C=O) groups excluding carboxylic acids is 1. The molecule has 150 valence electrons. The number of aryl methyl sites for hydroxylation is 1. The van der Waals surface area contributed by atoms with Crippen molar-refractivity contribution < 1.29 is 9.63 Å². The minimum Gasteiger partial charge on any atom is -0.378 e. The number of ketones is 1. The number of Topliss-reactive ketones (excluding diaryl/α,β-unsaturated/α-hetero) is 1. The van der Waals surface area contributed by atoms with E-state index in [1.807, 2.05) is 13.0 Å². The number of hydrogen-bond donors (Lipinski definition) is 2. The minimum atomic E-state index is -0.0524. The third-order valence-electron chi connectivity index (χ3n) is 5.04. The van der Waals surface area contributed by atoms with Crippen LogP contribution in [0.15, 0.2) is 36.7 Å². The summed E-state index contributed by atoms with van der Waals surface area (Å²) in [6.45, 7) is 3.56. The van der Waals surface area contributed by atoms with Crippen LogP contribution in [0.4, 0.5) is 17.6 Å². The molecule has 2 aromatic carbocycles. The van der Waals surface area contributed by atoms with Crippen molar-refractivity contribution in [3.8, 4) is 11.8 Å². The van der Waals surface area contributed by atoms with Crippen LogP contribution in [0, 0.1) is 18.3 Å². The van der Waals surface area contributed by atoms with E-state index in [2.05, 4.69) is 31.8 Å². The van der Waals surface area contributed by atoms with Crippen LogP contribution in [0.5, 0.6) is 5.75 Å². The van der Waals surface area contributed by atoms with Crippen molar-refractivity contribution in [2.24, 2.45) is 0 Å². The maximum atomic E-state index is 12.2. The molecule has 0 spiro atoms. The summed E-state index contributed by atoms with van der Waals surface area (Å²) >= 11 is 0. The predicted octanol–water partition coefficient (Wildman–Crippen LogP) is 3.89. The van der Waals surface area contributed by atoms with Crippen LogP contribution in [0.3, 0.4) is 0 Å². The summed E-state index contributed by atoms with van der Waals surface area (Å²) < 4.78 is 0. The lowest BCUT2D eigenvalue weighted by Crippen LogP contribution is -2.14. The average Bonchev–Trinajstić information content (AvgIpc) is 3.24. The number of nitrogens with zero attached hydrogens (tertiary/aromatic N) is 4. The van der Waals surface area contributed by atoms with E-state index in [0.29, 0.717) is 22.8 Å². The number of carbonyl (C=O) groups is 1. The van der Waals surface area contributed by atoms with Gasteiger partial charge in [-0.15, -0.1) is 0 Å². The van der Waals surface area contributed by atoms with Crippen molar-refractivity contribution in [2.75, 3.05) is 10.8 Å². The predicted molar refractivity (Wildman–Crippen MR) is 112 cm³/mol. The Hall–Kier alpha value is -3.99. The van der Waals surface area contributed by atoms with Gasteiger partial charge >= 0.3 is 0 Å². The summed E-state index contributed by atoms with van der Waals surface area (Å²) in [5, 5.41) is 11.9. The first-order valence-corrected chi connectivity index (χ1v) is 9.60. The van der Waals surface area contributed by atoms with Crippen molar-refractivity contribution in [2.45, 2.75) is 33.1 Å². The zero-order chi connectivity index (χ0) is 21.1. The second kappa shape index (κ2) is 8.17. The third-order valence-corrected chi connectivity index (χ3v) is 5.04. The highest BCUT2D eigenvalue weighted by atomic mass is 16.6. The lowest BCUT2D eigenvalue weighted by Gasteiger charge is -2.16. The fraction of sp³-hybridized carbons (Fsp3) is 0.227. The number of rotatable bonds is 6. The molecule has 0 amide bonds. The molecule has 0 fully saturated rings. The van der Waals surface area contributed by atoms with E-state index >= 15 is 0 Å². The molecule has 1 heterocycles. The summed E-state index contributed by atoms with van der Waals surface area (Å²) in [5.74, 6) is 1.02. The Morgan fingerprint density at radius 3 is 2.60 bits per heavy atom. The van der Waals surface area contributed by atoms with E-state index in [0.717, 1.165) is 36.1 Å². The second-order valence-electron chi connectivity index (χ2n) is 7.09. The quantitative estimate of drug-likeness (QED) is 0.473. The van der Waals surface area contributed by atoms with Gasteiger partial charge in [-0.3, -0.25) is 4.79 Å². The smallest absolute Gasteiger partial charge is 0.261 e. The molecule has 0 aliphatic heterocycles. The van der Waals surface area contributed by atoms with Gasteiger partial charge in [-0.1, -0.05) is 0 Å². The van der Waals surface area contributed by atoms with E-state index in [-0.39, 0.29) is 11.7 Å². The van der Waals surface area contributed by atoms with Gasteiger partial charge in [0.2, 0.25) is 5.95 Å². The van der Waals surface area contributed by atoms with E-state index in [1.54, 1.807) is 24.3 Å². The summed E-state index contributed by atoms with van der Waals surface area (Å²) in [6.07, 6.45) is 4.26. The Kier molecular flexibility index (Phi) is 5.26. The Morgan fingerprint density at radius 1 is 1.13 bits per heavy atom. The monoisotopic (exact) mass is 400 g/mol. The van der Waals surface area contributed by atoms with Gasteiger partial charge < -0.3 is 10.2 Å². The SMILES string of the molecule is CC(=O)c1cc(C)c2c(c1ONc1ncnc(Nc3ccc(C#N)cc3)n1)CCC2. The highest BCUT2D eigenvalue weighted by molar-refractivity contribution is 5.98. The number of nitrogens with one attached hydrogen (secondary N) is 2. The van der Waals surface area contributed by atoms with E-state index in [4.69, 9.17) is 10.1 Å². The van der Waals surface area contributed by atoms with Crippen LogP contribution in [0.25, 0.3) is 0 Å². The number of anilines is 3. The zero-order valence-corrected chi connectivity index (χ0v) is 16.7. The first-order chi connectivity index (χ1) is 14.5. The standard InChI is InChI=1S/C22H20N6O2/c1-13-10-19(14(2)29)20(18-5-3-4-17(13)18)30-28-22-25-12-24-21(27-22)26-16-8-6-15(11-23)7-9-16/h6-10,12H,3-5H2,1-2H3,(H2,24,25,26,27,28). The minimum absolute atomic E-state index is 0.0524. The summed E-state index contributed by atoms with van der Waals surface area (Å²) in [7, 11) is 0.